The van der Waals surface area contributed by atoms with E-state index in [2.05, 4.69) is 10.6 Å². The van der Waals surface area contributed by atoms with E-state index in [1.807, 2.05) is 18.2 Å². The van der Waals surface area contributed by atoms with Gasteiger partial charge in [-0.3, -0.25) is 9.59 Å². The highest BCUT2D eigenvalue weighted by Crippen LogP contribution is 2.31. The molecule has 0 unspecified atom stereocenters. The summed E-state index contributed by atoms with van der Waals surface area (Å²) in [5, 5.41) is 6.42. The van der Waals surface area contributed by atoms with Gasteiger partial charge in [-0.15, -0.1) is 0 Å². The number of rotatable bonds is 7. The van der Waals surface area contributed by atoms with Crippen molar-refractivity contribution in [3.05, 3.63) is 78.1 Å². The summed E-state index contributed by atoms with van der Waals surface area (Å²) in [6, 6.07) is 18.9. The van der Waals surface area contributed by atoms with Crippen LogP contribution in [0.3, 0.4) is 0 Å². The number of methoxy groups -OCH3 is 3. The topological polar surface area (TPSA) is 99.0 Å². The molecule has 0 fully saturated rings. The zero-order valence-corrected chi connectivity index (χ0v) is 18.3. The van der Waals surface area contributed by atoms with Crippen LogP contribution in [-0.2, 0) is 0 Å². The van der Waals surface area contributed by atoms with Gasteiger partial charge in [0.2, 0.25) is 0 Å². The second-order valence-corrected chi connectivity index (χ2v) is 7.04. The number of carbonyl (C=O) groups excluding carboxylic acids is 2. The number of anilines is 2. The fraction of sp³-hybridized carbons (Fsp3) is 0.120. The van der Waals surface area contributed by atoms with Gasteiger partial charge >= 0.3 is 0 Å². The molecule has 0 saturated carbocycles. The highest BCUT2D eigenvalue weighted by Gasteiger charge is 2.16. The Hall–Kier alpha value is -4.46. The minimum atomic E-state index is -0.411. The fourth-order valence-electron chi connectivity index (χ4n) is 3.33. The minimum Gasteiger partial charge on any atom is -0.494 e. The lowest BCUT2D eigenvalue weighted by Gasteiger charge is -2.13. The first-order valence-corrected chi connectivity index (χ1v) is 10.0. The van der Waals surface area contributed by atoms with Crippen LogP contribution < -0.4 is 24.8 Å². The molecule has 4 aromatic rings. The van der Waals surface area contributed by atoms with Crippen LogP contribution in [0.4, 0.5) is 11.4 Å². The van der Waals surface area contributed by atoms with Crippen LogP contribution in [0.1, 0.15) is 20.9 Å². The van der Waals surface area contributed by atoms with Crippen molar-refractivity contribution < 1.29 is 28.2 Å². The molecule has 0 aliphatic rings. The Kier molecular flexibility index (Phi) is 6.17. The summed E-state index contributed by atoms with van der Waals surface area (Å²) in [6.07, 6.45) is 0. The van der Waals surface area contributed by atoms with Crippen molar-refractivity contribution in [1.82, 2.24) is 0 Å². The lowest BCUT2D eigenvalue weighted by atomic mass is 10.1. The number of fused-ring (bicyclic) bond motifs is 1. The van der Waals surface area contributed by atoms with Crippen molar-refractivity contribution >= 4 is 34.2 Å². The first-order valence-electron chi connectivity index (χ1n) is 10.0. The molecular formula is C25H22N2O6. The van der Waals surface area contributed by atoms with Crippen LogP contribution in [0.2, 0.25) is 0 Å². The number of hydrogen-bond donors (Lipinski definition) is 2. The van der Waals surface area contributed by atoms with Crippen molar-refractivity contribution in [2.24, 2.45) is 0 Å². The predicted molar refractivity (Wildman–Crippen MR) is 125 cm³/mol. The van der Waals surface area contributed by atoms with Crippen molar-refractivity contribution in [3.63, 3.8) is 0 Å². The van der Waals surface area contributed by atoms with Gasteiger partial charge in [0.15, 0.2) is 17.3 Å². The Bertz CT molecular complexity index is 1290. The zero-order valence-electron chi connectivity index (χ0n) is 18.3. The third kappa shape index (κ3) is 4.59. The number of furan rings is 1. The number of benzene rings is 3. The second-order valence-electron chi connectivity index (χ2n) is 7.04. The number of hydrogen-bond acceptors (Lipinski definition) is 6. The Balaban J connectivity index is 1.50. The average molecular weight is 446 g/mol. The summed E-state index contributed by atoms with van der Waals surface area (Å²) in [4.78, 5) is 25.3. The highest BCUT2D eigenvalue weighted by atomic mass is 16.5. The molecule has 1 aromatic heterocycles. The molecule has 0 atom stereocenters. The van der Waals surface area contributed by atoms with Gasteiger partial charge in [-0.1, -0.05) is 18.2 Å². The molecule has 2 amide bonds. The second kappa shape index (κ2) is 9.35. The maximum absolute atomic E-state index is 12.7. The Morgan fingerprint density at radius 2 is 1.48 bits per heavy atom. The summed E-state index contributed by atoms with van der Waals surface area (Å²) in [5.74, 6) is 0.795. The number of ether oxygens (including phenoxy) is 3. The average Bonchev–Trinajstić information content (AvgIpc) is 3.29. The van der Waals surface area contributed by atoms with E-state index >= 15 is 0 Å². The molecule has 3 aromatic carbocycles. The molecule has 0 bridgehead atoms. The van der Waals surface area contributed by atoms with Gasteiger partial charge in [0.25, 0.3) is 11.8 Å². The van der Waals surface area contributed by atoms with Gasteiger partial charge in [-0.05, 0) is 42.5 Å². The van der Waals surface area contributed by atoms with Crippen LogP contribution in [-0.4, -0.2) is 33.1 Å². The quantitative estimate of drug-likeness (QED) is 0.416. The van der Waals surface area contributed by atoms with Gasteiger partial charge in [-0.2, -0.15) is 0 Å². The Labute approximate surface area is 190 Å². The smallest absolute Gasteiger partial charge is 0.291 e. The monoisotopic (exact) mass is 446 g/mol. The zero-order chi connectivity index (χ0) is 23.4. The van der Waals surface area contributed by atoms with Crippen molar-refractivity contribution in [2.45, 2.75) is 0 Å². The van der Waals surface area contributed by atoms with Gasteiger partial charge in [0.1, 0.15) is 11.3 Å². The summed E-state index contributed by atoms with van der Waals surface area (Å²) in [5.41, 5.74) is 1.96. The van der Waals surface area contributed by atoms with Crippen LogP contribution in [0.5, 0.6) is 17.2 Å². The molecule has 2 N–H and O–H groups in total. The Morgan fingerprint density at radius 1 is 0.727 bits per heavy atom. The minimum absolute atomic E-state index is 0.184. The van der Waals surface area contributed by atoms with E-state index in [9.17, 15) is 9.59 Å². The maximum Gasteiger partial charge on any atom is 0.291 e. The molecule has 8 nitrogen and oxygen atoms in total. The molecule has 33 heavy (non-hydrogen) atoms. The third-order valence-corrected chi connectivity index (χ3v) is 5.00. The lowest BCUT2D eigenvalue weighted by molar-refractivity contribution is 0.0996. The van der Waals surface area contributed by atoms with E-state index in [-0.39, 0.29) is 11.7 Å². The summed E-state index contributed by atoms with van der Waals surface area (Å²) >= 11 is 0. The van der Waals surface area contributed by atoms with Crippen LogP contribution >= 0.6 is 0 Å². The lowest BCUT2D eigenvalue weighted by Crippen LogP contribution is -2.14. The predicted octanol–water partition coefficient (Wildman–Crippen LogP) is 4.96. The SMILES string of the molecule is COc1cc(NC(=O)c2ccc(OC)c(OC)c2)ccc1NC(=O)c1cc2ccccc2o1. The van der Waals surface area contributed by atoms with E-state index < -0.39 is 5.91 Å². The molecule has 0 aliphatic heterocycles. The van der Waals surface area contributed by atoms with Crippen molar-refractivity contribution in [1.29, 1.82) is 0 Å². The van der Waals surface area contributed by atoms with Crippen LogP contribution in [0.25, 0.3) is 11.0 Å². The molecule has 0 saturated heterocycles. The largest absolute Gasteiger partial charge is 0.494 e. The molecule has 0 spiro atoms. The summed E-state index contributed by atoms with van der Waals surface area (Å²) in [6.45, 7) is 0. The van der Waals surface area contributed by atoms with E-state index in [4.69, 9.17) is 18.6 Å². The van der Waals surface area contributed by atoms with E-state index in [0.717, 1.165) is 5.39 Å². The van der Waals surface area contributed by atoms with Crippen molar-refractivity contribution in [2.75, 3.05) is 32.0 Å². The van der Waals surface area contributed by atoms with Gasteiger partial charge in [-0.25, -0.2) is 0 Å². The van der Waals surface area contributed by atoms with Crippen LogP contribution in [0.15, 0.2) is 71.1 Å². The standard InChI is InChI=1S/C25H22N2O6/c1-30-20-11-8-16(13-22(20)32-3)24(28)26-17-9-10-18(21(14-17)31-2)27-25(29)23-12-15-6-4-5-7-19(15)33-23/h4-14H,1-3H3,(H,26,28)(H,27,29). The van der Waals surface area contributed by atoms with Gasteiger partial charge < -0.3 is 29.3 Å². The third-order valence-electron chi connectivity index (χ3n) is 5.00. The Morgan fingerprint density at radius 3 is 2.21 bits per heavy atom. The van der Waals surface area contributed by atoms with Gasteiger partial charge in [0.05, 0.1) is 27.0 Å². The summed E-state index contributed by atoms with van der Waals surface area (Å²) < 4.78 is 21.5. The van der Waals surface area contributed by atoms with Crippen LogP contribution in [0, 0.1) is 0 Å². The number of amides is 2. The first-order chi connectivity index (χ1) is 16.0. The number of nitrogens with one attached hydrogen (secondary N) is 2. The van der Waals surface area contributed by atoms with E-state index in [1.165, 1.54) is 21.3 Å². The fourth-order valence-corrected chi connectivity index (χ4v) is 3.33. The number of carbonyl (C=O) groups is 2. The van der Waals surface area contributed by atoms with Gasteiger partial charge in [0, 0.05) is 22.7 Å². The first kappa shape index (κ1) is 21.8. The molecule has 8 heteroatoms. The molecular weight excluding hydrogens is 424 g/mol. The molecule has 1 heterocycles. The molecule has 0 aliphatic carbocycles. The molecule has 4 rings (SSSR count). The normalized spacial score (nSPS) is 10.5. The highest BCUT2D eigenvalue weighted by molar-refractivity contribution is 6.07. The maximum atomic E-state index is 12.7. The molecule has 0 radical (unpaired) electrons. The summed E-state index contributed by atoms with van der Waals surface area (Å²) in [7, 11) is 4.51. The number of para-hydroxylation sites is 1. The van der Waals surface area contributed by atoms with E-state index in [1.54, 1.807) is 48.5 Å². The van der Waals surface area contributed by atoms with Crippen molar-refractivity contribution in [3.8, 4) is 17.2 Å². The molecule has 168 valence electrons. The van der Waals surface area contributed by atoms with E-state index in [0.29, 0.717) is 39.8 Å².